The molecule has 6 heteroatoms. The van der Waals surface area contributed by atoms with E-state index in [1.807, 2.05) is 4.90 Å². The number of aromatic hydroxyl groups is 2. The van der Waals surface area contributed by atoms with E-state index in [1.54, 1.807) is 7.05 Å². The number of carbonyl (C=O) groups excluding carboxylic acids is 2. The topological polar surface area (TPSA) is 89.9 Å². The van der Waals surface area contributed by atoms with E-state index in [0.29, 0.717) is 13.1 Å². The fourth-order valence-electron chi connectivity index (χ4n) is 2.60. The maximum absolute atomic E-state index is 12.2. The summed E-state index contributed by atoms with van der Waals surface area (Å²) in [5.41, 5.74) is 0.209. The molecule has 1 heterocycles. The first kappa shape index (κ1) is 15.3. The number of carbonyl (C=O) groups is 2. The lowest BCUT2D eigenvalue weighted by molar-refractivity contribution is -0.125. The van der Waals surface area contributed by atoms with Gasteiger partial charge in [0.15, 0.2) is 5.78 Å². The summed E-state index contributed by atoms with van der Waals surface area (Å²) >= 11 is 0. The number of phenols is 2. The number of nitrogens with zero attached hydrogens (tertiary/aromatic N) is 1. The Morgan fingerprint density at radius 3 is 2.52 bits per heavy atom. The van der Waals surface area contributed by atoms with Crippen LogP contribution in [0.3, 0.4) is 0 Å². The summed E-state index contributed by atoms with van der Waals surface area (Å²) < 4.78 is 0. The third-order valence-electron chi connectivity index (χ3n) is 3.85. The number of nitrogens with one attached hydrogen (secondary N) is 1. The van der Waals surface area contributed by atoms with Crippen LogP contribution in [0.1, 0.15) is 23.2 Å². The van der Waals surface area contributed by atoms with Gasteiger partial charge in [-0.25, -0.2) is 0 Å². The Labute approximate surface area is 123 Å². The second-order valence-corrected chi connectivity index (χ2v) is 5.29. The van der Waals surface area contributed by atoms with Crippen LogP contribution in [-0.2, 0) is 4.79 Å². The van der Waals surface area contributed by atoms with Gasteiger partial charge in [0, 0.05) is 19.0 Å². The van der Waals surface area contributed by atoms with Gasteiger partial charge in [-0.05, 0) is 38.1 Å². The van der Waals surface area contributed by atoms with Crippen LogP contribution >= 0.6 is 0 Å². The SMILES string of the molecule is CNC(=O)C1CCN(CC(=O)c2ccc(O)cc2O)CC1. The molecule has 1 aromatic rings. The lowest BCUT2D eigenvalue weighted by Gasteiger charge is -2.30. The van der Waals surface area contributed by atoms with Crippen molar-refractivity contribution in [3.8, 4) is 11.5 Å². The summed E-state index contributed by atoms with van der Waals surface area (Å²) in [4.78, 5) is 25.7. The molecule has 2 rings (SSSR count). The smallest absolute Gasteiger partial charge is 0.222 e. The summed E-state index contributed by atoms with van der Waals surface area (Å²) in [6.45, 7) is 1.57. The van der Waals surface area contributed by atoms with E-state index in [-0.39, 0.29) is 41.2 Å². The number of hydrogen-bond acceptors (Lipinski definition) is 5. The molecule has 6 nitrogen and oxygen atoms in total. The normalized spacial score (nSPS) is 16.6. The molecule has 0 radical (unpaired) electrons. The molecule has 0 saturated carbocycles. The van der Waals surface area contributed by atoms with Gasteiger partial charge in [0.25, 0.3) is 0 Å². The van der Waals surface area contributed by atoms with E-state index in [9.17, 15) is 19.8 Å². The predicted molar refractivity (Wildman–Crippen MR) is 77.3 cm³/mol. The van der Waals surface area contributed by atoms with Crippen LogP contribution in [0.5, 0.6) is 11.5 Å². The number of phenolic OH excluding ortho intramolecular Hbond substituents is 2. The highest BCUT2D eigenvalue weighted by atomic mass is 16.3. The molecular weight excluding hydrogens is 272 g/mol. The quantitative estimate of drug-likeness (QED) is 0.712. The number of Topliss-reactive ketones (excluding diaryl/α,β-unsaturated/α-hetero) is 1. The Kier molecular flexibility index (Phi) is 4.80. The van der Waals surface area contributed by atoms with Crippen molar-refractivity contribution in [1.82, 2.24) is 10.2 Å². The minimum atomic E-state index is -0.208. The molecule has 0 aromatic heterocycles. The first-order valence-corrected chi connectivity index (χ1v) is 7.00. The van der Waals surface area contributed by atoms with E-state index in [1.165, 1.54) is 12.1 Å². The molecule has 0 atom stereocenters. The molecule has 0 aliphatic carbocycles. The molecule has 1 amide bonds. The average Bonchev–Trinajstić information content (AvgIpc) is 2.47. The minimum absolute atomic E-state index is 0.0171. The van der Waals surface area contributed by atoms with Crippen molar-refractivity contribution in [2.45, 2.75) is 12.8 Å². The van der Waals surface area contributed by atoms with E-state index in [2.05, 4.69) is 5.32 Å². The Morgan fingerprint density at radius 2 is 1.95 bits per heavy atom. The maximum Gasteiger partial charge on any atom is 0.222 e. The van der Waals surface area contributed by atoms with Crippen molar-refractivity contribution < 1.29 is 19.8 Å². The largest absolute Gasteiger partial charge is 0.508 e. The van der Waals surface area contributed by atoms with Crippen LogP contribution in [0, 0.1) is 5.92 Å². The first-order chi connectivity index (χ1) is 10.0. The van der Waals surface area contributed by atoms with Crippen molar-refractivity contribution in [2.24, 2.45) is 5.92 Å². The van der Waals surface area contributed by atoms with Crippen molar-refractivity contribution in [3.63, 3.8) is 0 Å². The highest BCUT2D eigenvalue weighted by Crippen LogP contribution is 2.24. The van der Waals surface area contributed by atoms with E-state index < -0.39 is 0 Å². The number of hydrogen-bond donors (Lipinski definition) is 3. The summed E-state index contributed by atoms with van der Waals surface area (Å²) in [7, 11) is 1.63. The number of rotatable bonds is 4. The van der Waals surface area contributed by atoms with Crippen LogP contribution in [-0.4, -0.2) is 53.5 Å². The van der Waals surface area contributed by atoms with Crippen LogP contribution in [0.25, 0.3) is 0 Å². The standard InChI is InChI=1S/C15H20N2O4/c1-16-15(21)10-4-6-17(7-5-10)9-14(20)12-3-2-11(18)8-13(12)19/h2-3,8,10,18-19H,4-7,9H2,1H3,(H,16,21). The van der Waals surface area contributed by atoms with Crippen molar-refractivity contribution >= 4 is 11.7 Å². The highest BCUT2D eigenvalue weighted by Gasteiger charge is 2.25. The molecule has 0 bridgehead atoms. The average molecular weight is 292 g/mol. The monoisotopic (exact) mass is 292 g/mol. The van der Waals surface area contributed by atoms with Gasteiger partial charge < -0.3 is 15.5 Å². The predicted octanol–water partition coefficient (Wildman–Crippen LogP) is 0.738. The van der Waals surface area contributed by atoms with Gasteiger partial charge in [-0.1, -0.05) is 0 Å². The zero-order chi connectivity index (χ0) is 15.4. The number of ketones is 1. The zero-order valence-corrected chi connectivity index (χ0v) is 12.0. The van der Waals surface area contributed by atoms with Gasteiger partial charge in [0.2, 0.25) is 5.91 Å². The van der Waals surface area contributed by atoms with Gasteiger partial charge in [0.05, 0.1) is 12.1 Å². The number of amides is 1. The second-order valence-electron chi connectivity index (χ2n) is 5.29. The molecule has 3 N–H and O–H groups in total. The fraction of sp³-hybridized carbons (Fsp3) is 0.467. The molecule has 21 heavy (non-hydrogen) atoms. The van der Waals surface area contributed by atoms with Gasteiger partial charge >= 0.3 is 0 Å². The molecule has 114 valence electrons. The van der Waals surface area contributed by atoms with Crippen LogP contribution in [0.15, 0.2) is 18.2 Å². The maximum atomic E-state index is 12.2. The van der Waals surface area contributed by atoms with Gasteiger partial charge in [-0.3, -0.25) is 14.5 Å². The molecule has 1 aliphatic heterocycles. The van der Waals surface area contributed by atoms with Crippen LogP contribution in [0.2, 0.25) is 0 Å². The van der Waals surface area contributed by atoms with Crippen LogP contribution in [0.4, 0.5) is 0 Å². The molecule has 1 aliphatic rings. The van der Waals surface area contributed by atoms with E-state index in [4.69, 9.17) is 0 Å². The summed E-state index contributed by atoms with van der Waals surface area (Å²) in [5, 5.41) is 21.6. The molecule has 1 aromatic carbocycles. The van der Waals surface area contributed by atoms with E-state index >= 15 is 0 Å². The Balaban J connectivity index is 1.91. The third-order valence-corrected chi connectivity index (χ3v) is 3.85. The fourth-order valence-corrected chi connectivity index (χ4v) is 2.60. The lowest BCUT2D eigenvalue weighted by Crippen LogP contribution is -2.41. The third kappa shape index (κ3) is 3.72. The van der Waals surface area contributed by atoms with Crippen LogP contribution < -0.4 is 5.32 Å². The zero-order valence-electron chi connectivity index (χ0n) is 12.0. The highest BCUT2D eigenvalue weighted by molar-refractivity contribution is 6.00. The molecule has 1 saturated heterocycles. The lowest BCUT2D eigenvalue weighted by atomic mass is 9.95. The van der Waals surface area contributed by atoms with Gasteiger partial charge in [-0.2, -0.15) is 0 Å². The second kappa shape index (κ2) is 6.58. The number of piperidine rings is 1. The molecular formula is C15H20N2O4. The minimum Gasteiger partial charge on any atom is -0.508 e. The number of likely N-dealkylation sites (tertiary alicyclic amines) is 1. The summed E-state index contributed by atoms with van der Waals surface area (Å²) in [6.07, 6.45) is 1.46. The Morgan fingerprint density at radius 1 is 1.29 bits per heavy atom. The number of benzene rings is 1. The first-order valence-electron chi connectivity index (χ1n) is 7.00. The van der Waals surface area contributed by atoms with Crippen molar-refractivity contribution in [3.05, 3.63) is 23.8 Å². The Hall–Kier alpha value is -2.08. The van der Waals surface area contributed by atoms with E-state index in [0.717, 1.165) is 18.9 Å². The van der Waals surface area contributed by atoms with Gasteiger partial charge in [0.1, 0.15) is 11.5 Å². The summed E-state index contributed by atoms with van der Waals surface area (Å²) in [6, 6.07) is 3.96. The van der Waals surface area contributed by atoms with Crippen molar-refractivity contribution in [2.75, 3.05) is 26.7 Å². The van der Waals surface area contributed by atoms with Gasteiger partial charge in [-0.15, -0.1) is 0 Å². The molecule has 0 unspecified atom stereocenters. The summed E-state index contributed by atoms with van der Waals surface area (Å²) in [5.74, 6) is -0.401. The van der Waals surface area contributed by atoms with Crippen molar-refractivity contribution in [1.29, 1.82) is 0 Å². The molecule has 0 spiro atoms. The Bertz CT molecular complexity index is 536. The molecule has 1 fully saturated rings.